The van der Waals surface area contributed by atoms with E-state index >= 15 is 0 Å². The third-order valence-electron chi connectivity index (χ3n) is 4.36. The van der Waals surface area contributed by atoms with Gasteiger partial charge < -0.3 is 11.5 Å². The van der Waals surface area contributed by atoms with Crippen molar-refractivity contribution in [3.8, 4) is 0 Å². The molecule has 0 saturated heterocycles. The number of carbonyl (C=O) groups is 3. The molecule has 26 heavy (non-hydrogen) atoms. The molecule has 1 aliphatic rings. The molecule has 1 fully saturated rings. The van der Waals surface area contributed by atoms with Crippen LogP contribution in [0.15, 0.2) is 59.7 Å². The lowest BCUT2D eigenvalue weighted by atomic mass is 10.0. The maximum Gasteiger partial charge on any atom is 0.249 e. The Kier molecular flexibility index (Phi) is 4.80. The third kappa shape index (κ3) is 3.47. The van der Waals surface area contributed by atoms with E-state index in [1.807, 2.05) is 0 Å². The summed E-state index contributed by atoms with van der Waals surface area (Å²) in [5.41, 5.74) is 14.0. The number of Topliss-reactive ketones (excluding diaryl/α,β-unsaturated/α-hetero) is 1. The van der Waals surface area contributed by atoms with E-state index in [-0.39, 0.29) is 5.78 Å². The summed E-state index contributed by atoms with van der Waals surface area (Å²) in [6, 6.07) is 13.8. The molecule has 1 aliphatic carbocycles. The van der Waals surface area contributed by atoms with Gasteiger partial charge in [-0.25, -0.2) is 0 Å². The summed E-state index contributed by atoms with van der Waals surface area (Å²) in [6.07, 6.45) is 4.56. The molecule has 0 heterocycles. The van der Waals surface area contributed by atoms with Crippen LogP contribution in [0.2, 0.25) is 0 Å². The molecule has 0 atom stereocenters. The number of rotatable bonds is 4. The predicted molar refractivity (Wildman–Crippen MR) is 100 cm³/mol. The average Bonchev–Trinajstić information content (AvgIpc) is 2.96. The van der Waals surface area contributed by atoms with Crippen molar-refractivity contribution < 1.29 is 14.4 Å². The zero-order chi connectivity index (χ0) is 18.7. The Morgan fingerprint density at radius 1 is 0.731 bits per heavy atom. The highest BCUT2D eigenvalue weighted by atomic mass is 16.1. The standard InChI is InChI=1S/C21H18N2O3/c22-20(25)17-7-3-1-5-13(17)11-15-9-10-16(19(15)24)12-14-6-2-4-8-18(14)21(23)26/h1-8,11-12H,9-10H2,(H2,22,25)(H2,23,26). The van der Waals surface area contributed by atoms with E-state index in [1.165, 1.54) is 0 Å². The van der Waals surface area contributed by atoms with E-state index in [0.29, 0.717) is 46.2 Å². The minimum absolute atomic E-state index is 0.0939. The van der Waals surface area contributed by atoms with Crippen molar-refractivity contribution in [1.29, 1.82) is 0 Å². The second-order valence-corrected chi connectivity index (χ2v) is 6.07. The van der Waals surface area contributed by atoms with Gasteiger partial charge in [-0.05, 0) is 48.3 Å². The van der Waals surface area contributed by atoms with Crippen molar-refractivity contribution in [1.82, 2.24) is 0 Å². The monoisotopic (exact) mass is 346 g/mol. The Morgan fingerprint density at radius 2 is 1.12 bits per heavy atom. The maximum absolute atomic E-state index is 12.7. The van der Waals surface area contributed by atoms with Gasteiger partial charge in [-0.15, -0.1) is 0 Å². The van der Waals surface area contributed by atoms with Gasteiger partial charge in [0, 0.05) is 22.3 Å². The predicted octanol–water partition coefficient (Wildman–Crippen LogP) is 2.71. The van der Waals surface area contributed by atoms with Gasteiger partial charge in [0.15, 0.2) is 5.78 Å². The minimum atomic E-state index is -0.533. The lowest BCUT2D eigenvalue weighted by molar-refractivity contribution is -0.111. The van der Waals surface area contributed by atoms with Gasteiger partial charge in [-0.1, -0.05) is 36.4 Å². The van der Waals surface area contributed by atoms with Gasteiger partial charge in [0.2, 0.25) is 11.8 Å². The molecule has 0 radical (unpaired) electrons. The van der Waals surface area contributed by atoms with E-state index in [1.54, 1.807) is 60.7 Å². The van der Waals surface area contributed by atoms with Crippen LogP contribution < -0.4 is 11.5 Å². The molecule has 3 rings (SSSR count). The van der Waals surface area contributed by atoms with Crippen LogP contribution in [-0.4, -0.2) is 17.6 Å². The summed E-state index contributed by atoms with van der Waals surface area (Å²) in [5, 5.41) is 0. The molecule has 0 bridgehead atoms. The zero-order valence-electron chi connectivity index (χ0n) is 14.1. The van der Waals surface area contributed by atoms with Gasteiger partial charge in [0.05, 0.1) is 0 Å². The minimum Gasteiger partial charge on any atom is -0.366 e. The summed E-state index contributed by atoms with van der Waals surface area (Å²) in [6.45, 7) is 0. The molecule has 4 N–H and O–H groups in total. The van der Waals surface area contributed by atoms with Crippen LogP contribution in [0.25, 0.3) is 12.2 Å². The van der Waals surface area contributed by atoms with E-state index in [4.69, 9.17) is 11.5 Å². The first-order chi connectivity index (χ1) is 12.5. The topological polar surface area (TPSA) is 103 Å². The Morgan fingerprint density at radius 3 is 1.50 bits per heavy atom. The quantitative estimate of drug-likeness (QED) is 0.832. The van der Waals surface area contributed by atoms with Gasteiger partial charge in [-0.2, -0.15) is 0 Å². The molecule has 130 valence electrons. The largest absolute Gasteiger partial charge is 0.366 e. The number of hydrogen-bond acceptors (Lipinski definition) is 3. The molecule has 5 nitrogen and oxygen atoms in total. The molecule has 2 amide bonds. The van der Waals surface area contributed by atoms with Crippen molar-refractivity contribution in [2.24, 2.45) is 11.5 Å². The fourth-order valence-corrected chi connectivity index (χ4v) is 3.05. The van der Waals surface area contributed by atoms with Crippen LogP contribution in [0.3, 0.4) is 0 Å². The van der Waals surface area contributed by atoms with Crippen molar-refractivity contribution in [3.63, 3.8) is 0 Å². The van der Waals surface area contributed by atoms with Gasteiger partial charge in [-0.3, -0.25) is 14.4 Å². The van der Waals surface area contributed by atoms with E-state index < -0.39 is 11.8 Å². The third-order valence-corrected chi connectivity index (χ3v) is 4.36. The highest BCUT2D eigenvalue weighted by molar-refractivity contribution is 6.16. The van der Waals surface area contributed by atoms with Gasteiger partial charge in [0.25, 0.3) is 0 Å². The highest BCUT2D eigenvalue weighted by Crippen LogP contribution is 2.30. The van der Waals surface area contributed by atoms with E-state index in [2.05, 4.69) is 0 Å². The molecular weight excluding hydrogens is 328 g/mol. The molecule has 2 aromatic carbocycles. The fourth-order valence-electron chi connectivity index (χ4n) is 3.05. The number of benzene rings is 2. The first-order valence-electron chi connectivity index (χ1n) is 8.21. The van der Waals surface area contributed by atoms with Crippen LogP contribution in [0.5, 0.6) is 0 Å². The SMILES string of the molecule is NC(=O)c1ccccc1C=C1CCC(=Cc2ccccc2C(N)=O)C1=O. The second kappa shape index (κ2) is 7.19. The number of amides is 2. The molecule has 5 heteroatoms. The molecule has 2 aromatic rings. The van der Waals surface area contributed by atoms with Crippen LogP contribution in [0, 0.1) is 0 Å². The lowest BCUT2D eigenvalue weighted by Crippen LogP contribution is -2.12. The number of hydrogen-bond donors (Lipinski definition) is 2. The number of nitrogens with two attached hydrogens (primary N) is 2. The summed E-state index contributed by atoms with van der Waals surface area (Å²) in [7, 11) is 0. The molecule has 0 unspecified atom stereocenters. The Bertz CT molecular complexity index is 893. The molecule has 0 spiro atoms. The van der Waals surface area contributed by atoms with Gasteiger partial charge >= 0.3 is 0 Å². The van der Waals surface area contributed by atoms with E-state index in [0.717, 1.165) is 0 Å². The van der Waals surface area contributed by atoms with Crippen molar-refractivity contribution >= 4 is 29.7 Å². The lowest BCUT2D eigenvalue weighted by Gasteiger charge is -2.03. The highest BCUT2D eigenvalue weighted by Gasteiger charge is 2.24. The Hall–Kier alpha value is -3.47. The molecule has 0 aromatic heterocycles. The normalized spacial score (nSPS) is 17.0. The Labute approximate surface area is 151 Å². The number of carbonyl (C=O) groups excluding carboxylic acids is 3. The second-order valence-electron chi connectivity index (χ2n) is 6.07. The Balaban J connectivity index is 1.95. The van der Waals surface area contributed by atoms with E-state index in [9.17, 15) is 14.4 Å². The number of primary amides is 2. The van der Waals surface area contributed by atoms with Crippen LogP contribution >= 0.6 is 0 Å². The fraction of sp³-hybridized carbons (Fsp3) is 0.0952. The smallest absolute Gasteiger partial charge is 0.249 e. The van der Waals surface area contributed by atoms with Crippen LogP contribution in [0.4, 0.5) is 0 Å². The molecule has 0 aliphatic heterocycles. The number of ketones is 1. The van der Waals surface area contributed by atoms with Gasteiger partial charge in [0.1, 0.15) is 0 Å². The first-order valence-corrected chi connectivity index (χ1v) is 8.21. The van der Waals surface area contributed by atoms with Crippen LogP contribution in [-0.2, 0) is 4.79 Å². The molecular formula is C21H18N2O3. The van der Waals surface area contributed by atoms with Crippen LogP contribution in [0.1, 0.15) is 44.7 Å². The maximum atomic E-state index is 12.7. The first kappa shape index (κ1) is 17.4. The van der Waals surface area contributed by atoms with Crippen molar-refractivity contribution in [2.75, 3.05) is 0 Å². The summed E-state index contributed by atoms with van der Waals surface area (Å²) >= 11 is 0. The average molecular weight is 346 g/mol. The zero-order valence-corrected chi connectivity index (χ0v) is 14.1. The number of allylic oxidation sites excluding steroid dienone is 2. The van der Waals surface area contributed by atoms with Crippen molar-refractivity contribution in [2.45, 2.75) is 12.8 Å². The summed E-state index contributed by atoms with van der Waals surface area (Å²) in [4.78, 5) is 35.8. The summed E-state index contributed by atoms with van der Waals surface area (Å²) in [5.74, 6) is -1.16. The van der Waals surface area contributed by atoms with Crippen molar-refractivity contribution in [3.05, 3.63) is 81.9 Å². The molecule has 1 saturated carbocycles. The summed E-state index contributed by atoms with van der Waals surface area (Å²) < 4.78 is 0.